The molecule has 0 aliphatic rings. The Morgan fingerprint density at radius 3 is 0.759 bits per heavy atom. The van der Waals surface area contributed by atoms with E-state index in [1.807, 2.05) is 0 Å². The number of carbonyl (C=O) groups is 3. The number of rotatable bonds is 59. The van der Waals surface area contributed by atoms with Crippen LogP contribution in [-0.4, -0.2) is 37.2 Å². The molecule has 0 saturated heterocycles. The molecule has 466 valence electrons. The van der Waals surface area contributed by atoms with Crippen LogP contribution in [0.5, 0.6) is 0 Å². The van der Waals surface area contributed by atoms with Crippen LogP contribution in [0.2, 0.25) is 0 Å². The van der Waals surface area contributed by atoms with Gasteiger partial charge in [-0.2, -0.15) is 0 Å². The van der Waals surface area contributed by atoms with Crippen molar-refractivity contribution in [1.82, 2.24) is 0 Å². The van der Waals surface area contributed by atoms with Gasteiger partial charge in [-0.3, -0.25) is 14.4 Å². The van der Waals surface area contributed by atoms with E-state index in [0.29, 0.717) is 19.3 Å². The van der Waals surface area contributed by atoms with Crippen molar-refractivity contribution in [2.75, 3.05) is 13.2 Å². The summed E-state index contributed by atoms with van der Waals surface area (Å²) in [5.74, 6) is -0.965. The van der Waals surface area contributed by atoms with Gasteiger partial charge < -0.3 is 14.2 Å². The van der Waals surface area contributed by atoms with E-state index in [1.165, 1.54) is 64.2 Å². The predicted octanol–water partition coefficient (Wildman–Crippen LogP) is 23.4. The van der Waals surface area contributed by atoms with Crippen molar-refractivity contribution in [2.24, 2.45) is 0 Å². The summed E-state index contributed by atoms with van der Waals surface area (Å²) in [6.45, 7) is 6.36. The van der Waals surface area contributed by atoms with E-state index in [9.17, 15) is 14.4 Å². The van der Waals surface area contributed by atoms with Gasteiger partial charge in [0.25, 0.3) is 0 Å². The van der Waals surface area contributed by atoms with Crippen molar-refractivity contribution >= 4 is 17.9 Å². The minimum absolute atomic E-state index is 0.107. The number of ether oxygens (including phenoxy) is 3. The second-order valence-corrected chi connectivity index (χ2v) is 21.6. The molecule has 0 aromatic rings. The monoisotopic (exact) mass is 1140 g/mol. The van der Waals surface area contributed by atoms with Crippen LogP contribution in [0.3, 0.4) is 0 Å². The molecule has 0 saturated carbocycles. The highest BCUT2D eigenvalue weighted by Gasteiger charge is 2.19. The molecule has 1 unspecified atom stereocenters. The van der Waals surface area contributed by atoms with E-state index < -0.39 is 6.10 Å². The van der Waals surface area contributed by atoms with Crippen LogP contribution in [0.1, 0.15) is 278 Å². The van der Waals surface area contributed by atoms with E-state index >= 15 is 0 Å². The van der Waals surface area contributed by atoms with Gasteiger partial charge in [-0.05, 0) is 154 Å². The molecule has 0 bridgehead atoms. The summed E-state index contributed by atoms with van der Waals surface area (Å²) in [6, 6.07) is 0. The van der Waals surface area contributed by atoms with Gasteiger partial charge in [-0.15, -0.1) is 0 Å². The van der Waals surface area contributed by atoms with Crippen LogP contribution in [0.25, 0.3) is 0 Å². The molecule has 6 nitrogen and oxygen atoms in total. The first kappa shape index (κ1) is 77.8. The van der Waals surface area contributed by atoms with Crippen LogP contribution in [-0.2, 0) is 28.6 Å². The second kappa shape index (κ2) is 69.3. The zero-order valence-electron chi connectivity index (χ0n) is 53.4. The number of hydrogen-bond acceptors (Lipinski definition) is 6. The zero-order valence-corrected chi connectivity index (χ0v) is 53.4. The van der Waals surface area contributed by atoms with Crippen LogP contribution in [0.4, 0.5) is 0 Å². The Kier molecular flexibility index (Phi) is 64.9. The quantitative estimate of drug-likeness (QED) is 0.0261. The number of esters is 3. The lowest BCUT2D eigenvalue weighted by molar-refractivity contribution is -0.167. The number of hydrogen-bond donors (Lipinski definition) is 0. The molecule has 0 aromatic carbocycles. The smallest absolute Gasteiger partial charge is 0.306 e. The fraction of sp³-hybridized carbons (Fsp3) is 0.597. The van der Waals surface area contributed by atoms with E-state index in [1.54, 1.807) is 0 Å². The van der Waals surface area contributed by atoms with Gasteiger partial charge in [0.2, 0.25) is 0 Å². The van der Waals surface area contributed by atoms with Gasteiger partial charge in [0, 0.05) is 19.3 Å². The first-order chi connectivity index (χ1) is 41.0. The molecule has 0 aliphatic heterocycles. The topological polar surface area (TPSA) is 78.9 Å². The fourth-order valence-electron chi connectivity index (χ4n) is 8.71. The molecule has 0 fully saturated rings. The zero-order chi connectivity index (χ0) is 59.9. The van der Waals surface area contributed by atoms with Gasteiger partial charge in [0.05, 0.1) is 0 Å². The lowest BCUT2D eigenvalue weighted by atomic mass is 10.1. The summed E-state index contributed by atoms with van der Waals surface area (Å²) in [7, 11) is 0. The maximum Gasteiger partial charge on any atom is 0.306 e. The molecule has 0 radical (unpaired) electrons. The third-order valence-electron chi connectivity index (χ3n) is 13.7. The Bertz CT molecular complexity index is 1890. The van der Waals surface area contributed by atoms with E-state index in [-0.39, 0.29) is 31.1 Å². The molecule has 0 aromatic heterocycles. The van der Waals surface area contributed by atoms with E-state index in [0.717, 1.165) is 173 Å². The summed E-state index contributed by atoms with van der Waals surface area (Å²) in [5.41, 5.74) is 0. The highest BCUT2D eigenvalue weighted by atomic mass is 16.6. The van der Waals surface area contributed by atoms with Crippen molar-refractivity contribution in [3.63, 3.8) is 0 Å². The highest BCUT2D eigenvalue weighted by molar-refractivity contribution is 5.71. The summed E-state index contributed by atoms with van der Waals surface area (Å²) < 4.78 is 16.9. The molecule has 6 heteroatoms. The number of unbranched alkanes of at least 4 members (excludes halogenated alkanes) is 20. The van der Waals surface area contributed by atoms with Crippen molar-refractivity contribution in [3.8, 4) is 0 Å². The summed E-state index contributed by atoms with van der Waals surface area (Å²) in [6.07, 6.45) is 102. The Morgan fingerprint density at radius 2 is 0.470 bits per heavy atom. The first-order valence-corrected chi connectivity index (χ1v) is 33.6. The van der Waals surface area contributed by atoms with E-state index in [4.69, 9.17) is 14.2 Å². The van der Waals surface area contributed by atoms with Crippen molar-refractivity contribution in [3.05, 3.63) is 170 Å². The minimum atomic E-state index is -0.815. The highest BCUT2D eigenvalue weighted by Crippen LogP contribution is 2.14. The normalized spacial score (nSPS) is 13.2. The molecule has 0 aliphatic carbocycles. The van der Waals surface area contributed by atoms with Crippen LogP contribution in [0, 0.1) is 0 Å². The Morgan fingerprint density at radius 1 is 0.253 bits per heavy atom. The van der Waals surface area contributed by atoms with Crippen molar-refractivity contribution in [2.45, 2.75) is 284 Å². The van der Waals surface area contributed by atoms with Crippen LogP contribution < -0.4 is 0 Å². The number of carbonyl (C=O) groups excluding carboxylic acids is 3. The standard InChI is InChI=1S/C77H122O6/c1-4-7-10-13-16-19-22-25-28-30-32-34-36-38-40-42-44-46-49-52-55-58-61-64-67-70-76(79)82-73-74(72-81-75(78)69-66-63-60-57-54-51-48-27-24-21-18-15-12-9-6-3)83-77(80)71-68-65-62-59-56-53-50-47-45-43-41-39-37-35-33-31-29-26-23-20-17-14-11-8-5-2/h7-8,10-11,16-17,19-20,25-29,32-35,38-41,44-48,52,55,74H,4-6,9,12-15,18,21-24,30-31,36-37,42-43,49-51,53-54,56-73H2,1-3H3/b10-7-,11-8-,19-16-,20-17-,28-25-,29-26-,34-32-,35-33-,40-38-,41-39-,46-44-,47-45-,48-27-,55-52-. The Hall–Kier alpha value is -5.23. The molecule has 83 heavy (non-hydrogen) atoms. The lowest BCUT2D eigenvalue weighted by Crippen LogP contribution is -2.30. The van der Waals surface area contributed by atoms with Crippen molar-refractivity contribution in [1.29, 1.82) is 0 Å². The van der Waals surface area contributed by atoms with Gasteiger partial charge in [0.1, 0.15) is 13.2 Å². The lowest BCUT2D eigenvalue weighted by Gasteiger charge is -2.18. The predicted molar refractivity (Wildman–Crippen MR) is 361 cm³/mol. The first-order valence-electron chi connectivity index (χ1n) is 33.6. The molecule has 0 heterocycles. The average molecular weight is 1140 g/mol. The van der Waals surface area contributed by atoms with Gasteiger partial charge in [-0.25, -0.2) is 0 Å². The summed E-state index contributed by atoms with van der Waals surface area (Å²) >= 11 is 0. The van der Waals surface area contributed by atoms with E-state index in [2.05, 4.69) is 191 Å². The third kappa shape index (κ3) is 67.4. The summed E-state index contributed by atoms with van der Waals surface area (Å²) in [4.78, 5) is 38.4. The SMILES string of the molecule is CC/C=C\C/C=C\C/C=C\C/C=C\C/C=C\C/C=C\C/C=C\CCCCCC(=O)OCC(COC(=O)CCCCCCC/C=C\CCCCCCCC)OC(=O)CCCCCCCC/C=C\C/C=C\C/C=C\C/C=C\C/C=C\C/C=C\CC. The molecule has 0 N–H and O–H groups in total. The largest absolute Gasteiger partial charge is 0.462 e. The van der Waals surface area contributed by atoms with Gasteiger partial charge in [0.15, 0.2) is 6.10 Å². The molecular weight excluding hydrogens is 1020 g/mol. The third-order valence-corrected chi connectivity index (χ3v) is 13.7. The number of allylic oxidation sites excluding steroid dienone is 28. The Labute approximate surface area is 511 Å². The van der Waals surface area contributed by atoms with Crippen LogP contribution >= 0.6 is 0 Å². The van der Waals surface area contributed by atoms with Gasteiger partial charge in [-0.1, -0.05) is 274 Å². The van der Waals surface area contributed by atoms with Crippen LogP contribution in [0.15, 0.2) is 170 Å². The molecule has 0 spiro atoms. The average Bonchev–Trinajstić information content (AvgIpc) is 3.49. The fourth-order valence-corrected chi connectivity index (χ4v) is 8.71. The molecule has 1 atom stereocenters. The molecule has 0 amide bonds. The van der Waals surface area contributed by atoms with Crippen molar-refractivity contribution < 1.29 is 28.6 Å². The summed E-state index contributed by atoms with van der Waals surface area (Å²) in [5, 5.41) is 0. The molecular formula is C77H122O6. The second-order valence-electron chi connectivity index (χ2n) is 21.6. The maximum absolute atomic E-state index is 12.9. The molecule has 0 rings (SSSR count). The van der Waals surface area contributed by atoms with Gasteiger partial charge >= 0.3 is 17.9 Å². The maximum atomic E-state index is 12.9. The Balaban J connectivity index is 4.51. The minimum Gasteiger partial charge on any atom is -0.462 e.